The Morgan fingerprint density at radius 1 is 1.05 bits per heavy atom. The van der Waals surface area contributed by atoms with Crippen LogP contribution in [0.2, 0.25) is 0 Å². The molecule has 0 spiro atoms. The van der Waals surface area contributed by atoms with Crippen molar-refractivity contribution in [3.05, 3.63) is 64.1 Å². The number of nitrogens with one attached hydrogen (secondary N) is 1. The Morgan fingerprint density at radius 2 is 1.75 bits per heavy atom. The molecule has 0 aliphatic heterocycles. The minimum Gasteiger partial charge on any atom is -0.207 e. The average molecular weight is 362 g/mol. The highest BCUT2D eigenvalue weighted by molar-refractivity contribution is 9.10. The van der Waals surface area contributed by atoms with Gasteiger partial charge >= 0.3 is 0 Å². The Balaban J connectivity index is 2.19. The molecule has 0 saturated heterocycles. The van der Waals surface area contributed by atoms with E-state index in [9.17, 15) is 17.2 Å². The number of hydrogen-bond acceptors (Lipinski definition) is 2. The van der Waals surface area contributed by atoms with E-state index in [0.29, 0.717) is 0 Å². The molecule has 1 N–H and O–H groups in total. The highest BCUT2D eigenvalue weighted by atomic mass is 79.9. The maximum Gasteiger partial charge on any atom is 0.240 e. The molecule has 106 valence electrons. The summed E-state index contributed by atoms with van der Waals surface area (Å²) in [6.07, 6.45) is 0. The Bertz CT molecular complexity index is 735. The molecule has 2 aromatic carbocycles. The number of benzene rings is 2. The van der Waals surface area contributed by atoms with Crippen molar-refractivity contribution in [2.45, 2.75) is 11.4 Å². The molecule has 0 fully saturated rings. The van der Waals surface area contributed by atoms with Gasteiger partial charge in [-0.2, -0.15) is 0 Å². The normalized spacial score (nSPS) is 11.6. The Hall–Kier alpha value is -1.31. The molecule has 2 aromatic rings. The van der Waals surface area contributed by atoms with Gasteiger partial charge in [0.1, 0.15) is 11.6 Å². The van der Waals surface area contributed by atoms with Crippen LogP contribution in [0.4, 0.5) is 8.78 Å². The van der Waals surface area contributed by atoms with E-state index < -0.39 is 21.7 Å². The van der Waals surface area contributed by atoms with Gasteiger partial charge in [0.25, 0.3) is 0 Å². The van der Waals surface area contributed by atoms with Crippen LogP contribution in [0.15, 0.2) is 51.8 Å². The monoisotopic (exact) mass is 361 g/mol. The second kappa shape index (κ2) is 5.99. The van der Waals surface area contributed by atoms with Crippen LogP contribution in [0.5, 0.6) is 0 Å². The summed E-state index contributed by atoms with van der Waals surface area (Å²) in [5.74, 6) is -1.18. The van der Waals surface area contributed by atoms with Crippen molar-refractivity contribution in [3.63, 3.8) is 0 Å². The molecule has 3 nitrogen and oxygen atoms in total. The molecule has 0 heterocycles. The molecule has 0 aliphatic carbocycles. The molecule has 0 aromatic heterocycles. The topological polar surface area (TPSA) is 46.2 Å². The van der Waals surface area contributed by atoms with Crippen LogP contribution in [0, 0.1) is 11.6 Å². The summed E-state index contributed by atoms with van der Waals surface area (Å²) in [4.78, 5) is -0.213. The van der Waals surface area contributed by atoms with Gasteiger partial charge in [-0.3, -0.25) is 0 Å². The van der Waals surface area contributed by atoms with E-state index in [0.717, 1.165) is 6.07 Å². The molecular weight excluding hydrogens is 352 g/mol. The Morgan fingerprint density at radius 3 is 2.40 bits per heavy atom. The first-order valence-electron chi connectivity index (χ1n) is 5.58. The molecule has 0 radical (unpaired) electrons. The summed E-state index contributed by atoms with van der Waals surface area (Å²) >= 11 is 2.94. The van der Waals surface area contributed by atoms with E-state index in [1.165, 1.54) is 30.3 Å². The third-order valence-corrected chi connectivity index (χ3v) is 4.65. The van der Waals surface area contributed by atoms with Crippen LogP contribution in [-0.4, -0.2) is 8.42 Å². The number of halogens is 3. The lowest BCUT2D eigenvalue weighted by Gasteiger charge is -2.08. The van der Waals surface area contributed by atoms with Gasteiger partial charge in [0.05, 0.1) is 9.37 Å². The van der Waals surface area contributed by atoms with Crippen LogP contribution in [0.3, 0.4) is 0 Å². The van der Waals surface area contributed by atoms with Crippen molar-refractivity contribution in [1.82, 2.24) is 4.72 Å². The molecule has 2 rings (SSSR count). The number of rotatable bonds is 4. The predicted octanol–water partition coefficient (Wildman–Crippen LogP) is 3.21. The van der Waals surface area contributed by atoms with Crippen molar-refractivity contribution < 1.29 is 17.2 Å². The number of sulfonamides is 1. The molecule has 0 atom stereocenters. The van der Waals surface area contributed by atoms with E-state index in [1.807, 2.05) is 0 Å². The Kier molecular flexibility index (Phi) is 4.52. The van der Waals surface area contributed by atoms with Gasteiger partial charge in [-0.1, -0.05) is 18.2 Å². The summed E-state index contributed by atoms with van der Waals surface area (Å²) < 4.78 is 53.1. The molecule has 0 aliphatic rings. The van der Waals surface area contributed by atoms with E-state index in [-0.39, 0.29) is 21.5 Å². The first-order chi connectivity index (χ1) is 9.40. The van der Waals surface area contributed by atoms with Gasteiger partial charge in [-0.25, -0.2) is 21.9 Å². The zero-order valence-corrected chi connectivity index (χ0v) is 12.5. The largest absolute Gasteiger partial charge is 0.240 e. The third-order valence-electron chi connectivity index (χ3n) is 2.61. The third kappa shape index (κ3) is 3.41. The van der Waals surface area contributed by atoms with Crippen molar-refractivity contribution in [2.75, 3.05) is 0 Å². The summed E-state index contributed by atoms with van der Waals surface area (Å²) in [6.45, 7) is -0.202. The van der Waals surface area contributed by atoms with Crippen molar-refractivity contribution in [2.24, 2.45) is 0 Å². The predicted molar refractivity (Wildman–Crippen MR) is 74.5 cm³/mol. The van der Waals surface area contributed by atoms with Crippen molar-refractivity contribution in [1.29, 1.82) is 0 Å². The Labute approximate surface area is 123 Å². The second-order valence-electron chi connectivity index (χ2n) is 3.99. The molecule has 0 saturated carbocycles. The minimum atomic E-state index is -3.89. The zero-order valence-electron chi connectivity index (χ0n) is 10.1. The highest BCUT2D eigenvalue weighted by Crippen LogP contribution is 2.19. The SMILES string of the molecule is O=S(=O)(NCc1ccccc1F)c1ccc(Br)c(F)c1. The van der Waals surface area contributed by atoms with Crippen LogP contribution < -0.4 is 4.72 Å². The highest BCUT2D eigenvalue weighted by Gasteiger charge is 2.16. The first-order valence-corrected chi connectivity index (χ1v) is 7.86. The minimum absolute atomic E-state index is 0.172. The molecule has 20 heavy (non-hydrogen) atoms. The zero-order chi connectivity index (χ0) is 14.8. The quantitative estimate of drug-likeness (QED) is 0.908. The van der Waals surface area contributed by atoms with Gasteiger partial charge in [-0.15, -0.1) is 0 Å². The summed E-state index contributed by atoms with van der Waals surface area (Å²) in [5, 5.41) is 0. The van der Waals surface area contributed by atoms with E-state index in [1.54, 1.807) is 6.07 Å². The van der Waals surface area contributed by atoms with E-state index >= 15 is 0 Å². The fourth-order valence-corrected chi connectivity index (χ4v) is 2.81. The molecular formula is C13H10BrF2NO2S. The van der Waals surface area contributed by atoms with Gasteiger partial charge in [0, 0.05) is 12.1 Å². The van der Waals surface area contributed by atoms with Gasteiger partial charge in [0.2, 0.25) is 10.0 Å². The lowest BCUT2D eigenvalue weighted by atomic mass is 10.2. The molecule has 7 heteroatoms. The number of hydrogen-bond donors (Lipinski definition) is 1. The van der Waals surface area contributed by atoms with Crippen LogP contribution in [0.25, 0.3) is 0 Å². The van der Waals surface area contributed by atoms with Gasteiger partial charge in [0.15, 0.2) is 0 Å². The van der Waals surface area contributed by atoms with Crippen LogP contribution in [0.1, 0.15) is 5.56 Å². The average Bonchev–Trinajstić information content (AvgIpc) is 2.41. The molecule has 0 amide bonds. The standard InChI is InChI=1S/C13H10BrF2NO2S/c14-11-6-5-10(7-13(11)16)20(18,19)17-8-9-3-1-2-4-12(9)15/h1-7,17H,8H2. The van der Waals surface area contributed by atoms with Crippen molar-refractivity contribution in [3.8, 4) is 0 Å². The smallest absolute Gasteiger partial charge is 0.207 e. The maximum atomic E-state index is 13.4. The van der Waals surface area contributed by atoms with E-state index in [4.69, 9.17) is 0 Å². The maximum absolute atomic E-state index is 13.4. The van der Waals surface area contributed by atoms with Gasteiger partial charge < -0.3 is 0 Å². The second-order valence-corrected chi connectivity index (χ2v) is 6.61. The van der Waals surface area contributed by atoms with Crippen LogP contribution >= 0.6 is 15.9 Å². The van der Waals surface area contributed by atoms with E-state index in [2.05, 4.69) is 20.7 Å². The summed E-state index contributed by atoms with van der Waals surface area (Å²) in [6, 6.07) is 9.28. The summed E-state index contributed by atoms with van der Waals surface area (Å²) in [5.41, 5.74) is 0.216. The van der Waals surface area contributed by atoms with Crippen molar-refractivity contribution >= 4 is 26.0 Å². The first kappa shape index (κ1) is 15.1. The lowest BCUT2D eigenvalue weighted by Crippen LogP contribution is -2.23. The fraction of sp³-hybridized carbons (Fsp3) is 0.0769. The molecule has 0 bridgehead atoms. The lowest BCUT2D eigenvalue weighted by molar-refractivity contribution is 0.571. The summed E-state index contributed by atoms with van der Waals surface area (Å²) in [7, 11) is -3.89. The molecule has 0 unspecified atom stereocenters. The fourth-order valence-electron chi connectivity index (χ4n) is 1.54. The van der Waals surface area contributed by atoms with Gasteiger partial charge in [-0.05, 0) is 40.2 Å². The van der Waals surface area contributed by atoms with Crippen LogP contribution in [-0.2, 0) is 16.6 Å².